The molecule has 0 bridgehead atoms. The van der Waals surface area contributed by atoms with Crippen LogP contribution in [0.5, 0.6) is 0 Å². The third kappa shape index (κ3) is 4.67. The molecule has 0 aliphatic carbocycles. The molecular weight excluding hydrogens is 248 g/mol. The van der Waals surface area contributed by atoms with Gasteiger partial charge in [-0.05, 0) is 30.7 Å². The molecule has 1 rings (SSSR count). The van der Waals surface area contributed by atoms with Gasteiger partial charge in [0.05, 0.1) is 0 Å². The number of benzene rings is 1. The molecule has 0 spiro atoms. The molecule has 0 fully saturated rings. The van der Waals surface area contributed by atoms with E-state index >= 15 is 0 Å². The van der Waals surface area contributed by atoms with E-state index in [9.17, 15) is 4.79 Å². The highest BCUT2D eigenvalue weighted by molar-refractivity contribution is 6.30. The maximum Gasteiger partial charge on any atom is 0.220 e. The third-order valence-electron chi connectivity index (χ3n) is 2.94. The molecule has 0 saturated carbocycles. The number of carbonyl (C=O) groups excluding carboxylic acids is 1. The number of nitrogens with one attached hydrogen (secondary N) is 1. The molecule has 1 aromatic rings. The van der Waals surface area contributed by atoms with E-state index in [0.29, 0.717) is 19.5 Å². The minimum absolute atomic E-state index is 0.0514. The topological polar surface area (TPSA) is 55.1 Å². The molecule has 0 aliphatic rings. The van der Waals surface area contributed by atoms with Gasteiger partial charge >= 0.3 is 0 Å². The van der Waals surface area contributed by atoms with Crippen LogP contribution in [0, 0.1) is 0 Å². The Morgan fingerprint density at radius 2 is 2.17 bits per heavy atom. The van der Waals surface area contributed by atoms with E-state index in [1.807, 2.05) is 24.3 Å². The molecule has 4 heteroatoms. The third-order valence-corrected chi connectivity index (χ3v) is 3.18. The first kappa shape index (κ1) is 15.0. The van der Waals surface area contributed by atoms with Crippen LogP contribution in [0.4, 0.5) is 0 Å². The number of halogens is 1. The van der Waals surface area contributed by atoms with Gasteiger partial charge in [-0.25, -0.2) is 0 Å². The van der Waals surface area contributed by atoms with Crippen LogP contribution in [0.3, 0.4) is 0 Å². The fourth-order valence-electron chi connectivity index (χ4n) is 1.68. The van der Waals surface area contributed by atoms with E-state index in [-0.39, 0.29) is 11.3 Å². The maximum absolute atomic E-state index is 11.6. The Labute approximate surface area is 114 Å². The number of hydrogen-bond donors (Lipinski definition) is 2. The highest BCUT2D eigenvalue weighted by Crippen LogP contribution is 2.24. The number of nitrogens with two attached hydrogens (primary N) is 1. The summed E-state index contributed by atoms with van der Waals surface area (Å²) in [7, 11) is 0. The van der Waals surface area contributed by atoms with Crippen molar-refractivity contribution in [3.8, 4) is 0 Å². The van der Waals surface area contributed by atoms with Gasteiger partial charge in [-0.15, -0.1) is 0 Å². The van der Waals surface area contributed by atoms with Gasteiger partial charge in [-0.3, -0.25) is 4.79 Å². The lowest BCUT2D eigenvalue weighted by atomic mass is 9.84. The lowest BCUT2D eigenvalue weighted by Gasteiger charge is -2.26. The van der Waals surface area contributed by atoms with Gasteiger partial charge in [0.25, 0.3) is 0 Å². The Morgan fingerprint density at radius 3 is 2.78 bits per heavy atom. The maximum atomic E-state index is 11.6. The summed E-state index contributed by atoms with van der Waals surface area (Å²) in [5.74, 6) is 0.0514. The molecule has 1 amide bonds. The minimum atomic E-state index is -0.136. The highest BCUT2D eigenvalue weighted by atomic mass is 35.5. The Hall–Kier alpha value is -1.06. The molecule has 0 atom stereocenters. The van der Waals surface area contributed by atoms with Crippen molar-refractivity contribution in [3.63, 3.8) is 0 Å². The smallest absolute Gasteiger partial charge is 0.220 e. The zero-order chi connectivity index (χ0) is 13.6. The first-order valence-electron chi connectivity index (χ1n) is 6.18. The summed E-state index contributed by atoms with van der Waals surface area (Å²) in [5, 5.41) is 3.66. The number of carbonyl (C=O) groups is 1. The molecular formula is C14H21ClN2O. The van der Waals surface area contributed by atoms with Gasteiger partial charge in [0.1, 0.15) is 0 Å². The van der Waals surface area contributed by atoms with Crippen molar-refractivity contribution in [1.29, 1.82) is 0 Å². The summed E-state index contributed by atoms with van der Waals surface area (Å²) in [4.78, 5) is 11.6. The Balaban J connectivity index is 2.57. The van der Waals surface area contributed by atoms with Gasteiger partial charge < -0.3 is 11.1 Å². The van der Waals surface area contributed by atoms with Crippen molar-refractivity contribution < 1.29 is 4.79 Å². The average Bonchev–Trinajstić information content (AvgIpc) is 2.34. The fraction of sp³-hybridized carbons (Fsp3) is 0.500. The van der Waals surface area contributed by atoms with Crippen LogP contribution >= 0.6 is 11.6 Å². The van der Waals surface area contributed by atoms with Crippen LogP contribution in [-0.4, -0.2) is 19.0 Å². The molecule has 1 aromatic carbocycles. The Bertz CT molecular complexity index is 405. The number of rotatable bonds is 6. The highest BCUT2D eigenvalue weighted by Gasteiger charge is 2.21. The van der Waals surface area contributed by atoms with Crippen LogP contribution < -0.4 is 11.1 Å². The molecule has 0 heterocycles. The predicted octanol–water partition coefficient (Wildman–Crippen LogP) is 2.47. The molecule has 0 unspecified atom stereocenters. The van der Waals surface area contributed by atoms with E-state index < -0.39 is 0 Å². The second-order valence-electron chi connectivity index (χ2n) is 5.06. The van der Waals surface area contributed by atoms with E-state index in [0.717, 1.165) is 17.0 Å². The lowest BCUT2D eigenvalue weighted by Crippen LogP contribution is -2.36. The number of amides is 1. The summed E-state index contributed by atoms with van der Waals surface area (Å²) >= 11 is 5.98. The van der Waals surface area contributed by atoms with Crippen LogP contribution in [0.15, 0.2) is 24.3 Å². The summed E-state index contributed by atoms with van der Waals surface area (Å²) in [6.45, 7) is 5.31. The fourth-order valence-corrected chi connectivity index (χ4v) is 1.87. The second kappa shape index (κ2) is 6.76. The van der Waals surface area contributed by atoms with Crippen molar-refractivity contribution in [1.82, 2.24) is 5.32 Å². The zero-order valence-corrected chi connectivity index (χ0v) is 11.8. The van der Waals surface area contributed by atoms with Crippen LogP contribution in [-0.2, 0) is 10.2 Å². The second-order valence-corrected chi connectivity index (χ2v) is 5.50. The first-order chi connectivity index (χ1) is 8.45. The standard InChI is InChI=1S/C14H21ClN2O/c1-14(2,10-17-13(18)7-4-8-16)11-5-3-6-12(15)9-11/h3,5-6,9H,4,7-8,10,16H2,1-2H3,(H,17,18). The predicted molar refractivity (Wildman–Crippen MR) is 75.8 cm³/mol. The summed E-state index contributed by atoms with van der Waals surface area (Å²) in [6.07, 6.45) is 1.21. The van der Waals surface area contributed by atoms with Crippen LogP contribution in [0.1, 0.15) is 32.3 Å². The van der Waals surface area contributed by atoms with Gasteiger partial charge in [0.15, 0.2) is 0 Å². The molecule has 100 valence electrons. The summed E-state index contributed by atoms with van der Waals surface area (Å²) in [5.41, 5.74) is 6.36. The lowest BCUT2D eigenvalue weighted by molar-refractivity contribution is -0.121. The normalized spacial score (nSPS) is 11.3. The van der Waals surface area contributed by atoms with Crippen LogP contribution in [0.25, 0.3) is 0 Å². The molecule has 3 N–H and O–H groups in total. The van der Waals surface area contributed by atoms with E-state index in [1.54, 1.807) is 0 Å². The van der Waals surface area contributed by atoms with Gasteiger partial charge in [-0.2, -0.15) is 0 Å². The number of hydrogen-bond acceptors (Lipinski definition) is 2. The Kier molecular flexibility index (Phi) is 5.63. The molecule has 18 heavy (non-hydrogen) atoms. The largest absolute Gasteiger partial charge is 0.355 e. The van der Waals surface area contributed by atoms with Gasteiger partial charge in [0, 0.05) is 23.4 Å². The van der Waals surface area contributed by atoms with Gasteiger partial charge in [0.2, 0.25) is 5.91 Å². The zero-order valence-electron chi connectivity index (χ0n) is 11.0. The molecule has 3 nitrogen and oxygen atoms in total. The van der Waals surface area contributed by atoms with E-state index in [4.69, 9.17) is 17.3 Å². The Morgan fingerprint density at radius 1 is 1.44 bits per heavy atom. The molecule has 0 radical (unpaired) electrons. The molecule has 0 aliphatic heterocycles. The van der Waals surface area contributed by atoms with Crippen molar-refractivity contribution >= 4 is 17.5 Å². The summed E-state index contributed by atoms with van der Waals surface area (Å²) in [6, 6.07) is 7.74. The van der Waals surface area contributed by atoms with Crippen LogP contribution in [0.2, 0.25) is 5.02 Å². The minimum Gasteiger partial charge on any atom is -0.355 e. The first-order valence-corrected chi connectivity index (χ1v) is 6.56. The van der Waals surface area contributed by atoms with E-state index in [1.165, 1.54) is 0 Å². The van der Waals surface area contributed by atoms with Crippen molar-refractivity contribution in [2.24, 2.45) is 5.73 Å². The quantitative estimate of drug-likeness (QED) is 0.833. The van der Waals surface area contributed by atoms with Gasteiger partial charge in [-0.1, -0.05) is 37.6 Å². The summed E-state index contributed by atoms with van der Waals surface area (Å²) < 4.78 is 0. The van der Waals surface area contributed by atoms with Crippen molar-refractivity contribution in [2.75, 3.05) is 13.1 Å². The average molecular weight is 269 g/mol. The van der Waals surface area contributed by atoms with Crippen molar-refractivity contribution in [2.45, 2.75) is 32.1 Å². The molecule has 0 saturated heterocycles. The monoisotopic (exact) mass is 268 g/mol. The molecule has 0 aromatic heterocycles. The van der Waals surface area contributed by atoms with E-state index in [2.05, 4.69) is 19.2 Å². The van der Waals surface area contributed by atoms with Crippen molar-refractivity contribution in [3.05, 3.63) is 34.9 Å². The SMILES string of the molecule is CC(C)(CNC(=O)CCCN)c1cccc(Cl)c1.